The fourth-order valence-electron chi connectivity index (χ4n) is 3.35. The quantitative estimate of drug-likeness (QED) is 0.685. The number of halogens is 1. The zero-order chi connectivity index (χ0) is 20.8. The number of amides is 2. The fourth-order valence-corrected chi connectivity index (χ4v) is 3.48. The van der Waals surface area contributed by atoms with Gasteiger partial charge in [-0.1, -0.05) is 23.7 Å². The summed E-state index contributed by atoms with van der Waals surface area (Å²) in [5.41, 5.74) is 1.72. The van der Waals surface area contributed by atoms with E-state index in [9.17, 15) is 9.59 Å². The van der Waals surface area contributed by atoms with E-state index in [4.69, 9.17) is 16.0 Å². The third-order valence-corrected chi connectivity index (χ3v) is 5.15. The number of hydrazone groups is 1. The van der Waals surface area contributed by atoms with Crippen molar-refractivity contribution < 1.29 is 18.9 Å². The van der Waals surface area contributed by atoms with Gasteiger partial charge < -0.3 is 14.6 Å². The topological polar surface area (TPSA) is 79.4 Å². The van der Waals surface area contributed by atoms with Crippen molar-refractivity contribution in [2.24, 2.45) is 5.10 Å². The average Bonchev–Trinajstić information content (AvgIpc) is 3.38. The highest BCUT2D eigenvalue weighted by molar-refractivity contribution is 6.30. The SMILES string of the molecule is CCNC(=O)C[NH+](CC)CC(=O)N1N=C(c2ccc(Cl)cc2)C[C@H]1c1ccco1. The van der Waals surface area contributed by atoms with Gasteiger partial charge >= 0.3 is 0 Å². The summed E-state index contributed by atoms with van der Waals surface area (Å²) in [6.07, 6.45) is 2.15. The van der Waals surface area contributed by atoms with E-state index in [2.05, 4.69) is 10.4 Å². The van der Waals surface area contributed by atoms with Gasteiger partial charge in [0, 0.05) is 18.0 Å². The second kappa shape index (κ2) is 9.71. The third kappa shape index (κ3) is 5.25. The molecule has 3 rings (SSSR count). The standard InChI is InChI=1S/C21H25ClN4O3/c1-3-23-20(27)13-25(4-2)14-21(28)26-18(19-6-5-11-29-19)12-17(24-26)15-7-9-16(22)10-8-15/h5-11,18H,3-4,12-14H2,1-2H3,(H,23,27)/p+1/t18-/m0/s1. The minimum absolute atomic E-state index is 0.0634. The zero-order valence-electron chi connectivity index (χ0n) is 16.7. The van der Waals surface area contributed by atoms with Crippen LogP contribution < -0.4 is 10.2 Å². The van der Waals surface area contributed by atoms with E-state index < -0.39 is 0 Å². The first-order valence-electron chi connectivity index (χ1n) is 9.81. The number of nitrogens with zero attached hydrogens (tertiary/aromatic N) is 2. The van der Waals surface area contributed by atoms with Crippen LogP contribution >= 0.6 is 11.6 Å². The van der Waals surface area contributed by atoms with Gasteiger partial charge in [-0.2, -0.15) is 5.10 Å². The van der Waals surface area contributed by atoms with E-state index in [-0.39, 0.29) is 30.9 Å². The largest absolute Gasteiger partial charge is 0.467 e. The lowest BCUT2D eigenvalue weighted by atomic mass is 10.0. The molecule has 1 unspecified atom stereocenters. The maximum Gasteiger partial charge on any atom is 0.298 e. The van der Waals surface area contributed by atoms with E-state index in [0.29, 0.717) is 30.3 Å². The minimum Gasteiger partial charge on any atom is -0.467 e. The monoisotopic (exact) mass is 417 g/mol. The van der Waals surface area contributed by atoms with E-state index in [1.54, 1.807) is 24.5 Å². The molecule has 2 atom stereocenters. The number of rotatable bonds is 8. The first-order valence-corrected chi connectivity index (χ1v) is 10.2. The molecule has 0 fully saturated rings. The van der Waals surface area contributed by atoms with Crippen LogP contribution in [0.3, 0.4) is 0 Å². The summed E-state index contributed by atoms with van der Waals surface area (Å²) in [6, 6.07) is 10.8. The fraction of sp³-hybridized carbons (Fsp3) is 0.381. The second-order valence-electron chi connectivity index (χ2n) is 6.94. The van der Waals surface area contributed by atoms with Gasteiger partial charge in [0.05, 0.1) is 18.5 Å². The van der Waals surface area contributed by atoms with Crippen LogP contribution in [0.2, 0.25) is 5.02 Å². The van der Waals surface area contributed by atoms with Crippen molar-refractivity contribution >= 4 is 29.1 Å². The Morgan fingerprint density at radius 1 is 1.24 bits per heavy atom. The molecule has 0 saturated carbocycles. The predicted octanol–water partition coefficient (Wildman–Crippen LogP) is 1.65. The van der Waals surface area contributed by atoms with Gasteiger partial charge in [-0.15, -0.1) is 0 Å². The number of likely N-dealkylation sites (N-methyl/N-ethyl adjacent to an activating group) is 2. The van der Waals surface area contributed by atoms with Crippen molar-refractivity contribution in [3.63, 3.8) is 0 Å². The number of hydrogen-bond donors (Lipinski definition) is 2. The second-order valence-corrected chi connectivity index (χ2v) is 7.37. The van der Waals surface area contributed by atoms with Gasteiger partial charge in [0.15, 0.2) is 13.1 Å². The van der Waals surface area contributed by atoms with Crippen molar-refractivity contribution in [1.82, 2.24) is 10.3 Å². The van der Waals surface area contributed by atoms with Crippen LogP contribution in [0.25, 0.3) is 0 Å². The Bertz CT molecular complexity index is 865. The van der Waals surface area contributed by atoms with Crippen molar-refractivity contribution in [1.29, 1.82) is 0 Å². The number of benzene rings is 1. The van der Waals surface area contributed by atoms with Gasteiger partial charge in [-0.3, -0.25) is 9.59 Å². The van der Waals surface area contributed by atoms with Crippen molar-refractivity contribution in [3.05, 3.63) is 59.0 Å². The molecule has 2 N–H and O–H groups in total. The first-order chi connectivity index (χ1) is 14.0. The molecule has 2 heterocycles. The Balaban J connectivity index is 1.79. The summed E-state index contributed by atoms with van der Waals surface area (Å²) < 4.78 is 5.57. The molecule has 0 saturated heterocycles. The normalized spacial score (nSPS) is 17.1. The van der Waals surface area contributed by atoms with Crippen LogP contribution in [0.4, 0.5) is 0 Å². The number of quaternary nitrogens is 1. The molecule has 1 aliphatic rings. The molecule has 7 nitrogen and oxygen atoms in total. The lowest BCUT2D eigenvalue weighted by Gasteiger charge is -2.22. The lowest BCUT2D eigenvalue weighted by molar-refractivity contribution is -0.882. The third-order valence-electron chi connectivity index (χ3n) is 4.90. The molecule has 1 aromatic heterocycles. The number of carbonyl (C=O) groups excluding carboxylic acids is 2. The molecule has 8 heteroatoms. The predicted molar refractivity (Wildman–Crippen MR) is 111 cm³/mol. The van der Waals surface area contributed by atoms with Crippen LogP contribution in [-0.2, 0) is 9.59 Å². The van der Waals surface area contributed by atoms with Crippen molar-refractivity contribution in [3.8, 4) is 0 Å². The summed E-state index contributed by atoms with van der Waals surface area (Å²) in [7, 11) is 0. The Labute approximate surface area is 175 Å². The summed E-state index contributed by atoms with van der Waals surface area (Å²) in [5, 5.41) is 9.54. The molecule has 1 aromatic carbocycles. The maximum atomic E-state index is 13.1. The van der Waals surface area contributed by atoms with E-state index in [1.165, 1.54) is 5.01 Å². The lowest BCUT2D eigenvalue weighted by Crippen LogP contribution is -3.14. The van der Waals surface area contributed by atoms with E-state index in [0.717, 1.165) is 16.2 Å². The van der Waals surface area contributed by atoms with Crippen LogP contribution in [0, 0.1) is 0 Å². The molecule has 0 aliphatic carbocycles. The van der Waals surface area contributed by atoms with E-state index >= 15 is 0 Å². The Morgan fingerprint density at radius 2 is 2.00 bits per heavy atom. The number of hydrogen-bond acceptors (Lipinski definition) is 4. The molecule has 0 spiro atoms. The van der Waals surface area contributed by atoms with E-state index in [1.807, 2.05) is 32.0 Å². The summed E-state index contributed by atoms with van der Waals surface area (Å²) in [5.74, 6) is 0.482. The number of furan rings is 1. The maximum absolute atomic E-state index is 13.1. The van der Waals surface area contributed by atoms with Crippen LogP contribution in [0.5, 0.6) is 0 Å². The molecule has 2 amide bonds. The average molecular weight is 418 g/mol. The molecule has 0 radical (unpaired) electrons. The van der Waals surface area contributed by atoms with Gasteiger partial charge in [-0.25, -0.2) is 5.01 Å². The number of nitrogens with one attached hydrogen (secondary N) is 2. The van der Waals surface area contributed by atoms with Gasteiger partial charge in [0.25, 0.3) is 11.8 Å². The Hall–Kier alpha value is -2.64. The molecular weight excluding hydrogens is 392 g/mol. The van der Waals surface area contributed by atoms with Gasteiger partial charge in [0.2, 0.25) is 0 Å². The Morgan fingerprint density at radius 3 is 2.62 bits per heavy atom. The highest BCUT2D eigenvalue weighted by Gasteiger charge is 2.36. The minimum atomic E-state index is -0.300. The molecule has 2 aromatic rings. The molecule has 29 heavy (non-hydrogen) atoms. The highest BCUT2D eigenvalue weighted by atomic mass is 35.5. The zero-order valence-corrected chi connectivity index (χ0v) is 17.4. The number of carbonyl (C=O) groups is 2. The van der Waals surface area contributed by atoms with Gasteiger partial charge in [0.1, 0.15) is 11.8 Å². The Kier molecular flexibility index (Phi) is 7.06. The van der Waals surface area contributed by atoms with Gasteiger partial charge in [-0.05, 0) is 43.7 Å². The molecule has 0 bridgehead atoms. The van der Waals surface area contributed by atoms with Crippen LogP contribution in [0.15, 0.2) is 52.2 Å². The van der Waals surface area contributed by atoms with Crippen LogP contribution in [-0.4, -0.2) is 48.7 Å². The molecular formula is C21H26ClN4O3+. The molecule has 1 aliphatic heterocycles. The smallest absolute Gasteiger partial charge is 0.298 e. The van der Waals surface area contributed by atoms with Crippen molar-refractivity contribution in [2.75, 3.05) is 26.2 Å². The highest BCUT2D eigenvalue weighted by Crippen LogP contribution is 2.33. The summed E-state index contributed by atoms with van der Waals surface area (Å²) >= 11 is 5.99. The van der Waals surface area contributed by atoms with Crippen LogP contribution in [0.1, 0.15) is 37.6 Å². The first kappa shape index (κ1) is 21.1. The summed E-state index contributed by atoms with van der Waals surface area (Å²) in [4.78, 5) is 25.9. The molecule has 154 valence electrons. The summed E-state index contributed by atoms with van der Waals surface area (Å²) in [6.45, 7) is 5.50. The van der Waals surface area contributed by atoms with Crippen molar-refractivity contribution in [2.45, 2.75) is 26.3 Å².